The third-order valence-corrected chi connectivity index (χ3v) is 4.68. The number of nitrogens with one attached hydrogen (secondary N) is 2. The first-order chi connectivity index (χ1) is 11.8. The zero-order valence-corrected chi connectivity index (χ0v) is 15.0. The molecule has 2 aromatic rings. The maximum Gasteiger partial charge on any atom is 0.416 e. The second kappa shape index (κ2) is 7.67. The van der Waals surface area contributed by atoms with Gasteiger partial charge in [0.05, 0.1) is 5.56 Å². The highest BCUT2D eigenvalue weighted by atomic mass is 35.5. The van der Waals surface area contributed by atoms with Crippen molar-refractivity contribution >= 4 is 24.0 Å². The van der Waals surface area contributed by atoms with E-state index < -0.39 is 17.3 Å². The fraction of sp³-hybridized carbons (Fsp3) is 0.412. The topological polar surface area (TPSA) is 59.0 Å². The van der Waals surface area contributed by atoms with E-state index in [9.17, 15) is 18.0 Å². The number of hydrogen-bond acceptors (Lipinski definition) is 3. The zero-order chi connectivity index (χ0) is 18.1. The number of anilines is 1. The lowest BCUT2D eigenvalue weighted by atomic mass is 9.87. The molecule has 2 heterocycles. The van der Waals surface area contributed by atoms with Crippen LogP contribution in [0.2, 0.25) is 0 Å². The second-order valence-corrected chi connectivity index (χ2v) is 6.16. The molecule has 0 unspecified atom stereocenters. The summed E-state index contributed by atoms with van der Waals surface area (Å²) in [6.45, 7) is 2.63. The molecule has 0 atom stereocenters. The van der Waals surface area contributed by atoms with Gasteiger partial charge in [-0.3, -0.25) is 9.48 Å². The van der Waals surface area contributed by atoms with Gasteiger partial charge < -0.3 is 10.6 Å². The van der Waals surface area contributed by atoms with Gasteiger partial charge in [-0.2, -0.15) is 18.3 Å². The van der Waals surface area contributed by atoms with Crippen LogP contribution < -0.4 is 10.6 Å². The fourth-order valence-electron chi connectivity index (χ4n) is 3.24. The molecule has 1 amide bonds. The summed E-state index contributed by atoms with van der Waals surface area (Å²) in [6.07, 6.45) is -0.132. The highest BCUT2D eigenvalue weighted by Gasteiger charge is 2.42. The van der Waals surface area contributed by atoms with E-state index in [2.05, 4.69) is 15.7 Å². The van der Waals surface area contributed by atoms with Gasteiger partial charge >= 0.3 is 6.18 Å². The van der Waals surface area contributed by atoms with Gasteiger partial charge in [-0.1, -0.05) is 6.07 Å². The second-order valence-electron chi connectivity index (χ2n) is 6.16. The Hall–Kier alpha value is -2.06. The molecule has 1 saturated heterocycles. The fourth-order valence-corrected chi connectivity index (χ4v) is 3.24. The number of carbonyl (C=O) groups is 1. The molecule has 9 heteroatoms. The predicted octanol–water partition coefficient (Wildman–Crippen LogP) is 3.35. The summed E-state index contributed by atoms with van der Waals surface area (Å²) in [5.41, 5.74) is -1.48. The Morgan fingerprint density at radius 2 is 1.96 bits per heavy atom. The van der Waals surface area contributed by atoms with Crippen molar-refractivity contribution in [2.24, 2.45) is 0 Å². The molecule has 1 fully saturated rings. The van der Waals surface area contributed by atoms with E-state index in [0.29, 0.717) is 25.9 Å². The standard InChI is InChI=1S/C17H19F3N4O.ClH/c1-12-13(17(18,19)20)4-2-5-14(12)23-15(25)16(6-9-21-10-7-16)24-11-3-8-22-24;/h2-5,8,11,21H,6-7,9-10H2,1H3,(H,23,25);1H. The summed E-state index contributed by atoms with van der Waals surface area (Å²) in [6, 6.07) is 5.53. The monoisotopic (exact) mass is 388 g/mol. The van der Waals surface area contributed by atoms with Crippen LogP contribution in [0.25, 0.3) is 0 Å². The number of hydrogen-bond donors (Lipinski definition) is 2. The van der Waals surface area contributed by atoms with Gasteiger partial charge in [0.15, 0.2) is 0 Å². The molecule has 0 bridgehead atoms. The van der Waals surface area contributed by atoms with Crippen molar-refractivity contribution in [3.8, 4) is 0 Å². The third kappa shape index (κ3) is 3.71. The molecular weight excluding hydrogens is 369 g/mol. The van der Waals surface area contributed by atoms with E-state index in [4.69, 9.17) is 0 Å². The van der Waals surface area contributed by atoms with Gasteiger partial charge in [-0.05, 0) is 56.6 Å². The van der Waals surface area contributed by atoms with E-state index in [1.54, 1.807) is 23.1 Å². The summed E-state index contributed by atoms with van der Waals surface area (Å²) in [5, 5.41) is 10.1. The molecule has 5 nitrogen and oxygen atoms in total. The van der Waals surface area contributed by atoms with Gasteiger partial charge in [-0.15, -0.1) is 12.4 Å². The van der Waals surface area contributed by atoms with Crippen molar-refractivity contribution < 1.29 is 18.0 Å². The van der Waals surface area contributed by atoms with Crippen molar-refractivity contribution in [3.63, 3.8) is 0 Å². The predicted molar refractivity (Wildman–Crippen MR) is 94.4 cm³/mol. The molecule has 142 valence electrons. The van der Waals surface area contributed by atoms with Crippen LogP contribution in [0.15, 0.2) is 36.7 Å². The van der Waals surface area contributed by atoms with Crippen molar-refractivity contribution in [3.05, 3.63) is 47.8 Å². The normalized spacial score (nSPS) is 16.6. The molecule has 0 saturated carbocycles. The Morgan fingerprint density at radius 3 is 2.54 bits per heavy atom. The largest absolute Gasteiger partial charge is 0.416 e. The minimum Gasteiger partial charge on any atom is -0.324 e. The SMILES string of the molecule is Cc1c(NC(=O)C2(n3cccn3)CCNCC2)cccc1C(F)(F)F.Cl. The molecule has 0 radical (unpaired) electrons. The van der Waals surface area contributed by atoms with Crippen molar-refractivity contribution in [1.29, 1.82) is 0 Å². The first-order valence-corrected chi connectivity index (χ1v) is 8.04. The van der Waals surface area contributed by atoms with E-state index in [1.165, 1.54) is 19.1 Å². The van der Waals surface area contributed by atoms with E-state index in [-0.39, 0.29) is 29.6 Å². The molecule has 26 heavy (non-hydrogen) atoms. The van der Waals surface area contributed by atoms with Crippen LogP contribution in [-0.2, 0) is 16.5 Å². The van der Waals surface area contributed by atoms with Crippen molar-refractivity contribution in [1.82, 2.24) is 15.1 Å². The number of piperidine rings is 1. The number of nitrogens with zero attached hydrogens (tertiary/aromatic N) is 2. The van der Waals surface area contributed by atoms with Crippen LogP contribution in [0.3, 0.4) is 0 Å². The Bertz CT molecular complexity index is 756. The summed E-state index contributed by atoms with van der Waals surface area (Å²) < 4.78 is 40.9. The average Bonchev–Trinajstić information content (AvgIpc) is 3.11. The number of halogens is 4. The van der Waals surface area contributed by atoms with Gasteiger partial charge in [0, 0.05) is 18.1 Å². The molecule has 2 N–H and O–H groups in total. The van der Waals surface area contributed by atoms with Gasteiger partial charge in [0.25, 0.3) is 5.91 Å². The number of rotatable bonds is 3. The summed E-state index contributed by atoms with van der Waals surface area (Å²) in [4.78, 5) is 13.0. The van der Waals surface area contributed by atoms with Crippen LogP contribution in [-0.4, -0.2) is 28.8 Å². The number of aromatic nitrogens is 2. The molecular formula is C17H20ClF3N4O. The van der Waals surface area contributed by atoms with Gasteiger partial charge in [0.1, 0.15) is 5.54 Å². The van der Waals surface area contributed by atoms with Crippen LogP contribution >= 0.6 is 12.4 Å². The maximum atomic E-state index is 13.1. The Kier molecular flexibility index (Phi) is 5.98. The lowest BCUT2D eigenvalue weighted by molar-refractivity contribution is -0.138. The number of amides is 1. The average molecular weight is 389 g/mol. The van der Waals surface area contributed by atoms with E-state index in [1.807, 2.05) is 0 Å². The molecule has 0 aliphatic carbocycles. The van der Waals surface area contributed by atoms with Gasteiger partial charge in [0.2, 0.25) is 0 Å². The van der Waals surface area contributed by atoms with Crippen LogP contribution in [0.4, 0.5) is 18.9 Å². The first-order valence-electron chi connectivity index (χ1n) is 8.04. The third-order valence-electron chi connectivity index (χ3n) is 4.68. The summed E-state index contributed by atoms with van der Waals surface area (Å²) in [5.74, 6) is -0.347. The lowest BCUT2D eigenvalue weighted by Crippen LogP contribution is -2.52. The van der Waals surface area contributed by atoms with Crippen LogP contribution in [0, 0.1) is 6.92 Å². The van der Waals surface area contributed by atoms with E-state index in [0.717, 1.165) is 6.07 Å². The van der Waals surface area contributed by atoms with Gasteiger partial charge in [-0.25, -0.2) is 0 Å². The van der Waals surface area contributed by atoms with Crippen molar-refractivity contribution in [2.45, 2.75) is 31.5 Å². The minimum absolute atomic E-state index is 0. The highest BCUT2D eigenvalue weighted by Crippen LogP contribution is 2.35. The van der Waals surface area contributed by atoms with Crippen LogP contribution in [0.1, 0.15) is 24.0 Å². The highest BCUT2D eigenvalue weighted by molar-refractivity contribution is 5.97. The maximum absolute atomic E-state index is 13.1. The zero-order valence-electron chi connectivity index (χ0n) is 14.1. The Labute approximate surface area is 155 Å². The molecule has 1 aliphatic heterocycles. The molecule has 0 spiro atoms. The quantitative estimate of drug-likeness (QED) is 0.847. The van der Waals surface area contributed by atoms with Crippen molar-refractivity contribution in [2.75, 3.05) is 18.4 Å². The lowest BCUT2D eigenvalue weighted by Gasteiger charge is -2.36. The number of carbonyl (C=O) groups excluding carboxylic acids is 1. The Balaban J connectivity index is 0.00000243. The molecule has 1 aliphatic rings. The first kappa shape index (κ1) is 20.3. The summed E-state index contributed by atoms with van der Waals surface area (Å²) >= 11 is 0. The molecule has 1 aromatic heterocycles. The smallest absolute Gasteiger partial charge is 0.324 e. The Morgan fingerprint density at radius 1 is 1.27 bits per heavy atom. The number of benzene rings is 1. The number of alkyl halides is 3. The van der Waals surface area contributed by atoms with E-state index >= 15 is 0 Å². The minimum atomic E-state index is -4.46. The molecule has 1 aromatic carbocycles. The summed E-state index contributed by atoms with van der Waals surface area (Å²) in [7, 11) is 0. The van der Waals surface area contributed by atoms with Crippen LogP contribution in [0.5, 0.6) is 0 Å². The molecule has 3 rings (SSSR count).